The monoisotopic (exact) mass is 125 g/mol. The van der Waals surface area contributed by atoms with E-state index in [1.807, 2.05) is 0 Å². The van der Waals surface area contributed by atoms with Crippen molar-refractivity contribution in [3.05, 3.63) is 0 Å². The van der Waals surface area contributed by atoms with E-state index >= 15 is 0 Å². The van der Waals surface area contributed by atoms with Gasteiger partial charge in [0.1, 0.15) is 0 Å². The summed E-state index contributed by atoms with van der Waals surface area (Å²) in [7, 11) is 0. The molecule has 9 heavy (non-hydrogen) atoms. The van der Waals surface area contributed by atoms with E-state index in [1.165, 1.54) is 44.9 Å². The van der Waals surface area contributed by atoms with Gasteiger partial charge in [-0.15, -0.1) is 0 Å². The van der Waals surface area contributed by atoms with Crippen molar-refractivity contribution in [3.8, 4) is 6.57 Å². The number of nitriles is 1. The highest BCUT2D eigenvalue weighted by Gasteiger charge is 1.95. The van der Waals surface area contributed by atoms with Crippen LogP contribution in [-0.4, -0.2) is 0 Å². The molecule has 1 saturated carbocycles. The lowest BCUT2D eigenvalue weighted by molar-refractivity contribution is 0.702. The van der Waals surface area contributed by atoms with Gasteiger partial charge in [-0.3, -0.25) is 0 Å². The summed E-state index contributed by atoms with van der Waals surface area (Å²) in [4.78, 5) is 0. The van der Waals surface area contributed by atoms with Crippen LogP contribution >= 0.6 is 0 Å². The maximum atomic E-state index is 6.50. The van der Waals surface area contributed by atoms with Crippen LogP contribution in [0, 0.1) is 11.8 Å². The summed E-state index contributed by atoms with van der Waals surface area (Å²) >= 11 is 0. The zero-order valence-electron chi connectivity index (χ0n) is 5.97. The Bertz CT molecular complexity index is 46.6. The second kappa shape index (κ2) is 7.49. The average molecular weight is 125 g/mol. The Morgan fingerprint density at radius 3 is 0.778 bits per heavy atom. The molecule has 52 valence electrons. The zero-order valence-corrected chi connectivity index (χ0v) is 5.97. The molecule has 0 aromatic heterocycles. The maximum Gasteiger partial charge on any atom is 0.0462 e. The Morgan fingerprint density at radius 1 is 0.556 bits per heavy atom. The third kappa shape index (κ3) is 5.36. The van der Waals surface area contributed by atoms with Gasteiger partial charge in [-0.1, -0.05) is 44.9 Å². The van der Waals surface area contributed by atoms with Crippen molar-refractivity contribution in [1.82, 2.24) is 0 Å². The van der Waals surface area contributed by atoms with E-state index in [4.69, 9.17) is 5.26 Å². The first-order valence-electron chi connectivity index (χ1n) is 3.76. The first-order chi connectivity index (χ1) is 4.50. The predicted octanol–water partition coefficient (Wildman–Crippen LogP) is 2.87. The summed E-state index contributed by atoms with van der Waals surface area (Å²) < 4.78 is 0. The lowest BCUT2D eigenvalue weighted by Gasteiger charge is -1.85. The lowest BCUT2D eigenvalue weighted by Crippen LogP contribution is -1.66. The fourth-order valence-electron chi connectivity index (χ4n) is 1.24. The van der Waals surface area contributed by atoms with Crippen LogP contribution in [0.25, 0.3) is 0 Å². The van der Waals surface area contributed by atoms with Crippen molar-refractivity contribution in [2.45, 2.75) is 44.9 Å². The molecular weight excluding hydrogens is 110 g/mol. The number of hydrogen-bond donors (Lipinski definition) is 0. The van der Waals surface area contributed by atoms with Gasteiger partial charge in [-0.05, 0) is 0 Å². The van der Waals surface area contributed by atoms with Gasteiger partial charge >= 0.3 is 0 Å². The van der Waals surface area contributed by atoms with Crippen LogP contribution in [0.5, 0.6) is 0 Å². The van der Waals surface area contributed by atoms with Gasteiger partial charge in [0, 0.05) is 6.57 Å². The standard InChI is InChI=1S/C7H14.CHN/c1-2-4-6-7-5-3-1;1-2/h1-7H2;1H. The summed E-state index contributed by atoms with van der Waals surface area (Å²) in [6.45, 7) is 3.50. The molecule has 0 radical (unpaired) electrons. The third-order valence-electron chi connectivity index (χ3n) is 1.75. The second-order valence-electron chi connectivity index (χ2n) is 2.47. The summed E-state index contributed by atoms with van der Waals surface area (Å²) in [5.74, 6) is 0. The van der Waals surface area contributed by atoms with E-state index in [9.17, 15) is 0 Å². The van der Waals surface area contributed by atoms with Crippen molar-refractivity contribution < 1.29 is 0 Å². The van der Waals surface area contributed by atoms with Crippen molar-refractivity contribution in [1.29, 1.82) is 5.26 Å². The van der Waals surface area contributed by atoms with E-state index in [0.29, 0.717) is 0 Å². The van der Waals surface area contributed by atoms with E-state index < -0.39 is 0 Å². The average Bonchev–Trinajstić information content (AvgIpc) is 2.21. The minimum absolute atomic E-state index is 1.50. The van der Waals surface area contributed by atoms with Crippen LogP contribution in [0.4, 0.5) is 0 Å². The van der Waals surface area contributed by atoms with Gasteiger partial charge in [-0.2, -0.15) is 0 Å². The van der Waals surface area contributed by atoms with Crippen molar-refractivity contribution in [2.75, 3.05) is 0 Å². The second-order valence-corrected chi connectivity index (χ2v) is 2.47. The van der Waals surface area contributed by atoms with E-state index in [0.717, 1.165) is 0 Å². The fraction of sp³-hybridized carbons (Fsp3) is 0.875. The number of rotatable bonds is 0. The molecule has 0 saturated heterocycles. The summed E-state index contributed by atoms with van der Waals surface area (Å²) in [5.41, 5.74) is 0. The molecule has 0 N–H and O–H groups in total. The smallest absolute Gasteiger partial charge is 0.0462 e. The lowest BCUT2D eigenvalue weighted by atomic mass is 10.2. The molecule has 0 bridgehead atoms. The first-order valence-corrected chi connectivity index (χ1v) is 3.76. The number of nitrogens with zero attached hydrogens (tertiary/aromatic N) is 1. The van der Waals surface area contributed by atoms with Crippen LogP contribution in [-0.2, 0) is 0 Å². The van der Waals surface area contributed by atoms with Crippen LogP contribution in [0.2, 0.25) is 0 Å². The molecule has 0 aromatic carbocycles. The molecule has 1 heteroatoms. The Hall–Kier alpha value is -0.510. The highest BCUT2D eigenvalue weighted by atomic mass is 14.2. The molecule has 1 aliphatic carbocycles. The van der Waals surface area contributed by atoms with Crippen molar-refractivity contribution in [2.24, 2.45) is 0 Å². The molecule has 1 fully saturated rings. The zero-order chi connectivity index (χ0) is 6.95. The normalized spacial score (nSPS) is 18.9. The molecule has 0 unspecified atom stereocenters. The fourth-order valence-corrected chi connectivity index (χ4v) is 1.24. The third-order valence-corrected chi connectivity index (χ3v) is 1.75. The SMILES string of the molecule is C#N.C1CCCCCC1. The number of hydrogen-bond acceptors (Lipinski definition) is 1. The molecular formula is C8H15N. The summed E-state index contributed by atoms with van der Waals surface area (Å²) in [5, 5.41) is 6.50. The Kier molecular flexibility index (Phi) is 7.07. The molecule has 0 atom stereocenters. The molecule has 1 rings (SSSR count). The largest absolute Gasteiger partial charge is 0.202 e. The van der Waals surface area contributed by atoms with Gasteiger partial charge in [0.15, 0.2) is 0 Å². The van der Waals surface area contributed by atoms with Crippen LogP contribution in [0.3, 0.4) is 0 Å². The Labute approximate surface area is 57.7 Å². The maximum absolute atomic E-state index is 6.50. The van der Waals surface area contributed by atoms with E-state index in [1.54, 1.807) is 0 Å². The van der Waals surface area contributed by atoms with Gasteiger partial charge in [0.05, 0.1) is 0 Å². The van der Waals surface area contributed by atoms with Crippen molar-refractivity contribution >= 4 is 0 Å². The first kappa shape index (κ1) is 8.49. The molecule has 1 aliphatic rings. The van der Waals surface area contributed by atoms with E-state index in [2.05, 4.69) is 6.57 Å². The minimum Gasteiger partial charge on any atom is -0.202 e. The molecule has 0 spiro atoms. The Morgan fingerprint density at radius 2 is 0.667 bits per heavy atom. The van der Waals surface area contributed by atoms with Gasteiger partial charge < -0.3 is 0 Å². The van der Waals surface area contributed by atoms with Gasteiger partial charge in [0.2, 0.25) is 0 Å². The van der Waals surface area contributed by atoms with E-state index in [-0.39, 0.29) is 0 Å². The highest BCUT2D eigenvalue weighted by molar-refractivity contribution is 4.51. The predicted molar refractivity (Wildman–Crippen MR) is 39.0 cm³/mol. The summed E-state index contributed by atoms with van der Waals surface area (Å²) in [6.07, 6.45) is 10.5. The molecule has 1 nitrogen and oxygen atoms in total. The highest BCUT2D eigenvalue weighted by Crippen LogP contribution is 2.15. The molecule has 0 amide bonds. The van der Waals surface area contributed by atoms with Crippen LogP contribution in [0.15, 0.2) is 0 Å². The van der Waals surface area contributed by atoms with Gasteiger partial charge in [0.25, 0.3) is 0 Å². The van der Waals surface area contributed by atoms with Crippen LogP contribution in [0.1, 0.15) is 44.9 Å². The molecule has 0 aliphatic heterocycles. The van der Waals surface area contributed by atoms with Crippen molar-refractivity contribution in [3.63, 3.8) is 0 Å². The quantitative estimate of drug-likeness (QED) is 0.457. The molecule has 0 aromatic rings. The Balaban J connectivity index is 0.000000291. The minimum atomic E-state index is 1.50. The van der Waals surface area contributed by atoms with Crippen LogP contribution < -0.4 is 0 Å². The summed E-state index contributed by atoms with van der Waals surface area (Å²) in [6, 6.07) is 0. The topological polar surface area (TPSA) is 23.8 Å². The van der Waals surface area contributed by atoms with Gasteiger partial charge in [-0.25, -0.2) is 5.26 Å². The molecule has 0 heterocycles.